The van der Waals surface area contributed by atoms with Gasteiger partial charge in [0.05, 0.1) is 48.0 Å². The third-order valence-electron chi connectivity index (χ3n) is 13.0. The van der Waals surface area contributed by atoms with Crippen molar-refractivity contribution in [3.8, 4) is 39.8 Å². The summed E-state index contributed by atoms with van der Waals surface area (Å²) >= 11 is 0. The van der Waals surface area contributed by atoms with Gasteiger partial charge in [0.15, 0.2) is 11.5 Å². The summed E-state index contributed by atoms with van der Waals surface area (Å²) in [7, 11) is 12.8. The van der Waals surface area contributed by atoms with E-state index in [0.29, 0.717) is 63.4 Å². The normalized spacial score (nSPS) is 12.4. The van der Waals surface area contributed by atoms with Crippen molar-refractivity contribution in [3.63, 3.8) is 0 Å². The fourth-order valence-electron chi connectivity index (χ4n) is 9.08. The second-order valence-electron chi connectivity index (χ2n) is 18.4. The fourth-order valence-corrected chi connectivity index (χ4v) is 9.08. The van der Waals surface area contributed by atoms with Gasteiger partial charge < -0.3 is 59.2 Å². The van der Waals surface area contributed by atoms with Crippen LogP contribution in [0.1, 0.15) is 41.9 Å². The van der Waals surface area contributed by atoms with Gasteiger partial charge in [-0.15, -0.1) is 0 Å². The van der Waals surface area contributed by atoms with E-state index < -0.39 is 0 Å². The van der Waals surface area contributed by atoms with E-state index in [1.165, 1.54) is 6.08 Å². The number of aryl methyl sites for hydroxylation is 2. The van der Waals surface area contributed by atoms with Gasteiger partial charge in [-0.2, -0.15) is 9.97 Å². The summed E-state index contributed by atoms with van der Waals surface area (Å²) in [5.74, 6) is 2.50. The van der Waals surface area contributed by atoms with Gasteiger partial charge in [0, 0.05) is 93.4 Å². The third kappa shape index (κ3) is 11.3. The maximum atomic E-state index is 12.2. The van der Waals surface area contributed by atoms with Crippen molar-refractivity contribution in [3.05, 3.63) is 122 Å². The number of amides is 2. The zero-order chi connectivity index (χ0) is 52.8. The highest BCUT2D eigenvalue weighted by Crippen LogP contribution is 2.40. The highest BCUT2D eigenvalue weighted by molar-refractivity contribution is 6.03. The van der Waals surface area contributed by atoms with Gasteiger partial charge in [-0.05, 0) is 99.9 Å². The van der Waals surface area contributed by atoms with Crippen LogP contribution < -0.4 is 40.4 Å². The molecule has 19 heteroatoms. The number of H-pyrrole nitrogens is 1. The number of carbonyl (C=O) groups is 2. The second-order valence-corrected chi connectivity index (χ2v) is 18.4. The van der Waals surface area contributed by atoms with Crippen LogP contribution in [0.15, 0.2) is 115 Å². The summed E-state index contributed by atoms with van der Waals surface area (Å²) in [6.45, 7) is 7.03. The lowest BCUT2D eigenvalue weighted by Gasteiger charge is -2.26. The molecule has 0 unspecified atom stereocenters. The minimum atomic E-state index is -0.299. The smallest absolute Gasteiger partial charge is 0.251 e. The molecule has 0 spiro atoms. The van der Waals surface area contributed by atoms with E-state index in [1.54, 1.807) is 45.7 Å². The standard InChI is InChI=1S/C28H33N7O2.C28H28N6O4/c1-7-27(36)30-22-16-23(26(37-6)17-25(22)34(4)15-14-33(2)3)32-28-29-13-12-21(31-28)20-18-35(5)24-11-9-8-10-19(20)24;1-15-31-21-10-8-16(12-23(21)37-15)19-14-30-25-24(19)27(38-18-6-4-5-7-18)34-28(33-25)32-20-11-9-17(26(35)29-2)13-22(20)36-3/h7-13,16-18H,1,14-15H2,2-6H3,(H,30,36)(H,29,31,32);8-14,18H,4-7H2,1-3H3,(H,29,35)(H2,30,32,33,34). The Bertz CT molecular complexity index is 3540. The number of ether oxygens (including phenoxy) is 3. The van der Waals surface area contributed by atoms with Crippen LogP contribution >= 0.6 is 0 Å². The molecule has 0 saturated heterocycles. The summed E-state index contributed by atoms with van der Waals surface area (Å²) in [6.07, 6.45) is 11.3. The van der Waals surface area contributed by atoms with Crippen molar-refractivity contribution in [2.75, 3.05) is 76.4 Å². The average molecular weight is 1010 g/mol. The Labute approximate surface area is 434 Å². The molecule has 2 amide bonds. The highest BCUT2D eigenvalue weighted by Gasteiger charge is 2.24. The lowest BCUT2D eigenvalue weighted by atomic mass is 10.1. The molecular formula is C56H61N13O6. The number of carbonyl (C=O) groups excluding carboxylic acids is 2. The van der Waals surface area contributed by atoms with Crippen molar-refractivity contribution >= 4 is 79.5 Å². The molecule has 1 saturated carbocycles. The molecule has 0 radical (unpaired) electrons. The zero-order valence-electron chi connectivity index (χ0n) is 43.4. The number of anilines is 6. The largest absolute Gasteiger partial charge is 0.495 e. The lowest BCUT2D eigenvalue weighted by molar-refractivity contribution is -0.111. The predicted molar refractivity (Wildman–Crippen MR) is 295 cm³/mol. The fraction of sp³-hybridized carbons (Fsp3) is 0.268. The Kier molecular flexibility index (Phi) is 15.2. The maximum Gasteiger partial charge on any atom is 0.251 e. The summed E-state index contributed by atoms with van der Waals surface area (Å²) in [5.41, 5.74) is 10.2. The SMILES string of the molecule is C=CC(=O)Nc1cc(Nc2nccc(-c3cn(C)c4ccccc34)n2)c(OC)cc1N(C)CCN(C)C.CNC(=O)c1ccc(Nc2nc(OC3CCCC3)c3c(-c4ccc5nc(C)oc5c4)c[nH]c3n2)c(OC)c1. The van der Waals surface area contributed by atoms with Gasteiger partial charge >= 0.3 is 0 Å². The number of aromatic amines is 1. The van der Waals surface area contributed by atoms with Crippen LogP contribution in [-0.4, -0.2) is 113 Å². The van der Waals surface area contributed by atoms with E-state index in [0.717, 1.165) is 94.2 Å². The van der Waals surface area contributed by atoms with E-state index >= 15 is 0 Å². The molecule has 386 valence electrons. The van der Waals surface area contributed by atoms with Crippen LogP contribution in [0.25, 0.3) is 55.4 Å². The topological polar surface area (TPSA) is 215 Å². The average Bonchev–Trinajstić information content (AvgIpc) is 4.25. The quantitative estimate of drug-likeness (QED) is 0.0537. The summed E-state index contributed by atoms with van der Waals surface area (Å²) < 4.78 is 25.6. The van der Waals surface area contributed by atoms with Crippen molar-refractivity contribution in [1.82, 2.24) is 44.7 Å². The minimum Gasteiger partial charge on any atom is -0.495 e. The lowest BCUT2D eigenvalue weighted by Crippen LogP contribution is -2.29. The Morgan fingerprint density at radius 3 is 2.40 bits per heavy atom. The number of nitrogens with zero attached hydrogens (tertiary/aromatic N) is 8. The van der Waals surface area contributed by atoms with Crippen molar-refractivity contribution < 1.29 is 28.2 Å². The van der Waals surface area contributed by atoms with Gasteiger partial charge in [-0.1, -0.05) is 30.8 Å². The van der Waals surface area contributed by atoms with E-state index in [9.17, 15) is 9.59 Å². The van der Waals surface area contributed by atoms with Gasteiger partial charge in [-0.3, -0.25) is 9.59 Å². The van der Waals surface area contributed by atoms with Crippen LogP contribution in [0.2, 0.25) is 0 Å². The maximum absolute atomic E-state index is 12.2. The van der Waals surface area contributed by atoms with Gasteiger partial charge in [0.1, 0.15) is 28.8 Å². The number of para-hydroxylation sites is 1. The molecule has 0 atom stereocenters. The number of rotatable bonds is 17. The molecular weight excluding hydrogens is 951 g/mol. The Balaban J connectivity index is 0.000000184. The molecule has 0 aliphatic heterocycles. The first kappa shape index (κ1) is 51.0. The zero-order valence-corrected chi connectivity index (χ0v) is 43.4. The van der Waals surface area contributed by atoms with Crippen LogP contribution in [0.3, 0.4) is 0 Å². The van der Waals surface area contributed by atoms with Crippen molar-refractivity contribution in [1.29, 1.82) is 0 Å². The first-order valence-electron chi connectivity index (χ1n) is 24.6. The first-order valence-corrected chi connectivity index (χ1v) is 24.6. The van der Waals surface area contributed by atoms with Gasteiger partial charge in [0.25, 0.3) is 5.91 Å². The monoisotopic (exact) mass is 1010 g/mol. The molecule has 19 nitrogen and oxygen atoms in total. The molecule has 75 heavy (non-hydrogen) atoms. The molecule has 4 aromatic carbocycles. The summed E-state index contributed by atoms with van der Waals surface area (Å²) in [4.78, 5) is 54.9. The number of oxazole rings is 1. The predicted octanol–water partition coefficient (Wildman–Crippen LogP) is 10.0. The minimum absolute atomic E-state index is 0.101. The Morgan fingerprint density at radius 1 is 0.867 bits per heavy atom. The van der Waals surface area contributed by atoms with Crippen LogP contribution in [-0.2, 0) is 11.8 Å². The highest BCUT2D eigenvalue weighted by atomic mass is 16.5. The molecule has 1 aliphatic rings. The van der Waals surface area contributed by atoms with Gasteiger partial charge in [-0.25, -0.2) is 15.0 Å². The number of fused-ring (bicyclic) bond motifs is 3. The molecule has 0 bridgehead atoms. The van der Waals surface area contributed by atoms with Crippen LogP contribution in [0, 0.1) is 6.92 Å². The van der Waals surface area contributed by atoms with Crippen LogP contribution in [0.4, 0.5) is 34.6 Å². The number of benzene rings is 4. The molecule has 5 heterocycles. The third-order valence-corrected chi connectivity index (χ3v) is 13.0. The molecule has 1 aliphatic carbocycles. The second kappa shape index (κ2) is 22.4. The van der Waals surface area contributed by atoms with E-state index in [2.05, 4.69) is 75.5 Å². The van der Waals surface area contributed by atoms with E-state index in [1.807, 2.05) is 89.8 Å². The van der Waals surface area contributed by atoms with E-state index in [4.69, 9.17) is 33.6 Å². The number of nitrogens with one attached hydrogen (secondary N) is 5. The summed E-state index contributed by atoms with van der Waals surface area (Å²) in [5, 5.41) is 14.0. The number of likely N-dealkylation sites (N-methyl/N-ethyl adjacent to an activating group) is 2. The Morgan fingerprint density at radius 2 is 1.64 bits per heavy atom. The summed E-state index contributed by atoms with van der Waals surface area (Å²) in [6, 6.07) is 24.9. The Hall–Kier alpha value is -8.97. The number of hydrogen-bond donors (Lipinski definition) is 5. The number of methoxy groups -OCH3 is 2. The first-order chi connectivity index (χ1) is 36.3. The van der Waals surface area contributed by atoms with Crippen LogP contribution in [0.5, 0.6) is 17.4 Å². The number of aromatic nitrogens is 7. The molecule has 1 fully saturated rings. The molecule has 10 rings (SSSR count). The van der Waals surface area contributed by atoms with Crippen molar-refractivity contribution in [2.45, 2.75) is 38.7 Å². The van der Waals surface area contributed by atoms with Gasteiger partial charge in [0.2, 0.25) is 23.7 Å². The van der Waals surface area contributed by atoms with E-state index in [-0.39, 0.29) is 17.9 Å². The molecule has 5 N–H and O–H groups in total. The number of hydrogen-bond acceptors (Lipinski definition) is 15. The molecule has 9 aromatic rings. The van der Waals surface area contributed by atoms with Crippen molar-refractivity contribution in [2.24, 2.45) is 7.05 Å². The molecule has 5 aromatic heterocycles.